The first-order valence-electron chi connectivity index (χ1n) is 6.31. The van der Waals surface area contributed by atoms with Crippen molar-refractivity contribution >= 4 is 16.6 Å². The molecule has 0 fully saturated rings. The van der Waals surface area contributed by atoms with Gasteiger partial charge in [-0.15, -0.1) is 0 Å². The summed E-state index contributed by atoms with van der Waals surface area (Å²) in [7, 11) is 1.69. The Morgan fingerprint density at radius 3 is 2.89 bits per heavy atom. The topological polar surface area (TPSA) is 49.1 Å². The molecule has 0 saturated carbocycles. The first-order chi connectivity index (χ1) is 9.36. The van der Waals surface area contributed by atoms with Gasteiger partial charge in [-0.3, -0.25) is 4.98 Å². The molecule has 4 heteroatoms. The highest BCUT2D eigenvalue weighted by molar-refractivity contribution is 5.91. The number of nitrogens with zero attached hydrogens (tertiary/aromatic N) is 3. The van der Waals surface area contributed by atoms with Crippen LogP contribution in [0.25, 0.3) is 10.9 Å². The van der Waals surface area contributed by atoms with Gasteiger partial charge >= 0.3 is 0 Å². The van der Waals surface area contributed by atoms with E-state index in [0.29, 0.717) is 19.6 Å². The Kier molecular flexibility index (Phi) is 4.71. The monoisotopic (exact) mass is 255 g/mol. The standard InChI is InChI=1S/C15H17N3O/c1-19-12-11-18(10-4-8-16)15-7-9-17-14-6-3-2-5-13(14)15/h2-3,5-7,9H,4,10-12H2,1H3. The zero-order valence-corrected chi connectivity index (χ0v) is 11.0. The van der Waals surface area contributed by atoms with Crippen molar-refractivity contribution in [3.8, 4) is 6.07 Å². The number of nitriles is 1. The number of pyridine rings is 1. The normalized spacial score (nSPS) is 10.3. The van der Waals surface area contributed by atoms with Crippen molar-refractivity contribution in [3.63, 3.8) is 0 Å². The zero-order chi connectivity index (χ0) is 13.5. The molecular weight excluding hydrogens is 238 g/mol. The van der Waals surface area contributed by atoms with Crippen LogP contribution in [0.1, 0.15) is 6.42 Å². The molecule has 1 aromatic heterocycles. The van der Waals surface area contributed by atoms with E-state index < -0.39 is 0 Å². The van der Waals surface area contributed by atoms with Crippen LogP contribution in [0.4, 0.5) is 5.69 Å². The summed E-state index contributed by atoms with van der Waals surface area (Å²) in [6, 6.07) is 12.2. The molecule has 0 unspecified atom stereocenters. The average Bonchev–Trinajstić information content (AvgIpc) is 2.47. The average molecular weight is 255 g/mol. The van der Waals surface area contributed by atoms with Crippen molar-refractivity contribution in [1.82, 2.24) is 4.98 Å². The van der Waals surface area contributed by atoms with Crippen LogP contribution in [0.3, 0.4) is 0 Å². The van der Waals surface area contributed by atoms with E-state index >= 15 is 0 Å². The molecule has 0 aliphatic rings. The third-order valence-electron chi connectivity index (χ3n) is 3.03. The summed E-state index contributed by atoms with van der Waals surface area (Å²) >= 11 is 0. The molecule has 4 nitrogen and oxygen atoms in total. The summed E-state index contributed by atoms with van der Waals surface area (Å²) < 4.78 is 5.15. The van der Waals surface area contributed by atoms with E-state index in [1.807, 2.05) is 30.5 Å². The van der Waals surface area contributed by atoms with E-state index in [0.717, 1.165) is 23.1 Å². The Morgan fingerprint density at radius 1 is 1.26 bits per heavy atom. The fourth-order valence-electron chi connectivity index (χ4n) is 2.10. The summed E-state index contributed by atoms with van der Waals surface area (Å²) in [6.07, 6.45) is 2.31. The van der Waals surface area contributed by atoms with E-state index in [1.54, 1.807) is 7.11 Å². The number of para-hydroxylation sites is 1. The number of benzene rings is 1. The van der Waals surface area contributed by atoms with Crippen molar-refractivity contribution < 1.29 is 4.74 Å². The number of methoxy groups -OCH3 is 1. The van der Waals surface area contributed by atoms with Crippen LogP contribution in [-0.2, 0) is 4.74 Å². The van der Waals surface area contributed by atoms with Gasteiger partial charge in [-0.05, 0) is 12.1 Å². The van der Waals surface area contributed by atoms with E-state index in [4.69, 9.17) is 10.00 Å². The maximum atomic E-state index is 8.78. The smallest absolute Gasteiger partial charge is 0.0722 e. The number of aromatic nitrogens is 1. The van der Waals surface area contributed by atoms with Gasteiger partial charge in [0.05, 0.1) is 24.6 Å². The van der Waals surface area contributed by atoms with Crippen LogP contribution in [0.15, 0.2) is 36.5 Å². The maximum Gasteiger partial charge on any atom is 0.0722 e. The van der Waals surface area contributed by atoms with Gasteiger partial charge in [0, 0.05) is 37.5 Å². The van der Waals surface area contributed by atoms with Crippen LogP contribution < -0.4 is 4.90 Å². The second kappa shape index (κ2) is 6.72. The molecule has 0 N–H and O–H groups in total. The first-order valence-corrected chi connectivity index (χ1v) is 6.31. The summed E-state index contributed by atoms with van der Waals surface area (Å²) in [4.78, 5) is 6.54. The lowest BCUT2D eigenvalue weighted by molar-refractivity contribution is 0.205. The zero-order valence-electron chi connectivity index (χ0n) is 11.0. The Balaban J connectivity index is 2.34. The minimum Gasteiger partial charge on any atom is -0.383 e. The van der Waals surface area contributed by atoms with Gasteiger partial charge in [0.2, 0.25) is 0 Å². The lowest BCUT2D eigenvalue weighted by Crippen LogP contribution is -2.28. The number of hydrogen-bond donors (Lipinski definition) is 0. The van der Waals surface area contributed by atoms with Crippen molar-refractivity contribution in [1.29, 1.82) is 5.26 Å². The molecule has 0 atom stereocenters. The number of fused-ring (bicyclic) bond motifs is 1. The highest BCUT2D eigenvalue weighted by atomic mass is 16.5. The molecule has 0 amide bonds. The Hall–Kier alpha value is -2.12. The molecule has 2 rings (SSSR count). The predicted octanol–water partition coefficient (Wildman–Crippen LogP) is 2.60. The van der Waals surface area contributed by atoms with Gasteiger partial charge in [0.15, 0.2) is 0 Å². The van der Waals surface area contributed by atoms with Crippen molar-refractivity contribution in [3.05, 3.63) is 36.5 Å². The molecule has 0 bridgehead atoms. The van der Waals surface area contributed by atoms with Crippen LogP contribution in [0.2, 0.25) is 0 Å². The third kappa shape index (κ3) is 3.21. The van der Waals surface area contributed by atoms with Gasteiger partial charge in [-0.2, -0.15) is 5.26 Å². The van der Waals surface area contributed by atoms with Gasteiger partial charge in [0.1, 0.15) is 0 Å². The Bertz CT molecular complexity index is 572. The summed E-state index contributed by atoms with van der Waals surface area (Å²) in [5.41, 5.74) is 2.08. The van der Waals surface area contributed by atoms with Crippen LogP contribution in [0, 0.1) is 11.3 Å². The molecule has 0 spiro atoms. The maximum absolute atomic E-state index is 8.78. The summed E-state index contributed by atoms with van der Waals surface area (Å²) in [5, 5.41) is 9.89. The van der Waals surface area contributed by atoms with Crippen molar-refractivity contribution in [2.75, 3.05) is 31.7 Å². The highest BCUT2D eigenvalue weighted by Gasteiger charge is 2.09. The van der Waals surface area contributed by atoms with Crippen LogP contribution in [-0.4, -0.2) is 31.8 Å². The Labute approximate surface area is 113 Å². The molecule has 98 valence electrons. The molecular formula is C15H17N3O. The molecule has 0 radical (unpaired) electrons. The van der Waals surface area contributed by atoms with Gasteiger partial charge in [-0.25, -0.2) is 0 Å². The molecule has 1 aromatic carbocycles. The molecule has 0 aliphatic carbocycles. The fourth-order valence-corrected chi connectivity index (χ4v) is 2.10. The number of hydrogen-bond acceptors (Lipinski definition) is 4. The second-order valence-corrected chi connectivity index (χ2v) is 4.24. The van der Waals surface area contributed by atoms with Gasteiger partial charge in [0.25, 0.3) is 0 Å². The second-order valence-electron chi connectivity index (χ2n) is 4.24. The molecule has 2 aromatic rings. The number of rotatable bonds is 6. The van der Waals surface area contributed by atoms with E-state index in [-0.39, 0.29) is 0 Å². The molecule has 0 saturated heterocycles. The lowest BCUT2D eigenvalue weighted by atomic mass is 10.1. The lowest BCUT2D eigenvalue weighted by Gasteiger charge is -2.24. The number of anilines is 1. The first kappa shape index (κ1) is 13.3. The van der Waals surface area contributed by atoms with E-state index in [9.17, 15) is 0 Å². The predicted molar refractivity (Wildman–Crippen MR) is 76.1 cm³/mol. The third-order valence-corrected chi connectivity index (χ3v) is 3.03. The van der Waals surface area contributed by atoms with Crippen molar-refractivity contribution in [2.45, 2.75) is 6.42 Å². The fraction of sp³-hybridized carbons (Fsp3) is 0.333. The van der Waals surface area contributed by atoms with Crippen molar-refractivity contribution in [2.24, 2.45) is 0 Å². The number of ether oxygens (including phenoxy) is 1. The largest absolute Gasteiger partial charge is 0.383 e. The molecule has 1 heterocycles. The van der Waals surface area contributed by atoms with E-state index in [1.165, 1.54) is 0 Å². The molecule has 0 aliphatic heterocycles. The van der Waals surface area contributed by atoms with Gasteiger partial charge < -0.3 is 9.64 Å². The van der Waals surface area contributed by atoms with Crippen LogP contribution in [0.5, 0.6) is 0 Å². The van der Waals surface area contributed by atoms with Gasteiger partial charge in [-0.1, -0.05) is 18.2 Å². The Morgan fingerprint density at radius 2 is 2.11 bits per heavy atom. The SMILES string of the molecule is COCCN(CCC#N)c1ccnc2ccccc12. The molecule has 19 heavy (non-hydrogen) atoms. The minimum absolute atomic E-state index is 0.500. The van der Waals surface area contributed by atoms with Crippen LogP contribution >= 0.6 is 0 Å². The quantitative estimate of drug-likeness (QED) is 0.796. The highest BCUT2D eigenvalue weighted by Crippen LogP contribution is 2.25. The summed E-state index contributed by atoms with van der Waals surface area (Å²) in [6.45, 7) is 2.11. The minimum atomic E-state index is 0.500. The van der Waals surface area contributed by atoms with E-state index in [2.05, 4.69) is 22.0 Å². The summed E-state index contributed by atoms with van der Waals surface area (Å²) in [5.74, 6) is 0.